The van der Waals surface area contributed by atoms with Gasteiger partial charge in [0.25, 0.3) is 0 Å². The molecule has 1 amide bonds. The van der Waals surface area contributed by atoms with Crippen LogP contribution in [0.5, 0.6) is 5.75 Å². The van der Waals surface area contributed by atoms with E-state index in [1.54, 1.807) is 0 Å². The van der Waals surface area contributed by atoms with E-state index in [4.69, 9.17) is 0 Å². The van der Waals surface area contributed by atoms with Crippen LogP contribution in [0.4, 0.5) is 17.6 Å². The number of carbonyl (C=O) groups is 1. The minimum Gasteiger partial charge on any atom is -0.403 e. The zero-order valence-electron chi connectivity index (χ0n) is 16.7. The standard InChI is InChI=1S/C21H19F4N3O2S/c1-3-13-4-6-14(7-5-13)10-17(26-12(2)29)20-28-27-19(31-20)15-8-9-16(22)18(11-15)30-21(23,24)25/h4-9,11,17H,3,10H2,1-2H3,(H,26,29). The van der Waals surface area contributed by atoms with Crippen molar-refractivity contribution in [1.29, 1.82) is 0 Å². The van der Waals surface area contributed by atoms with Gasteiger partial charge in [0, 0.05) is 12.5 Å². The average Bonchev–Trinajstić information content (AvgIpc) is 3.18. The van der Waals surface area contributed by atoms with E-state index in [1.807, 2.05) is 24.3 Å². The number of aromatic nitrogens is 2. The van der Waals surface area contributed by atoms with E-state index in [0.717, 1.165) is 35.5 Å². The highest BCUT2D eigenvalue weighted by atomic mass is 32.1. The van der Waals surface area contributed by atoms with Crippen molar-refractivity contribution in [2.45, 2.75) is 39.1 Å². The number of hydrogen-bond donors (Lipinski definition) is 1. The Kier molecular flexibility index (Phi) is 6.89. The topological polar surface area (TPSA) is 64.1 Å². The maximum Gasteiger partial charge on any atom is 0.573 e. The highest BCUT2D eigenvalue weighted by Gasteiger charge is 2.32. The maximum absolute atomic E-state index is 13.7. The Bertz CT molecular complexity index is 1050. The molecule has 10 heteroatoms. The van der Waals surface area contributed by atoms with Crippen molar-refractivity contribution >= 4 is 17.2 Å². The molecule has 2 aromatic carbocycles. The van der Waals surface area contributed by atoms with Gasteiger partial charge in [-0.1, -0.05) is 42.5 Å². The molecule has 3 rings (SSSR count). The van der Waals surface area contributed by atoms with Gasteiger partial charge in [0.2, 0.25) is 5.91 Å². The van der Waals surface area contributed by atoms with Crippen molar-refractivity contribution in [3.8, 4) is 16.3 Å². The van der Waals surface area contributed by atoms with Gasteiger partial charge in [-0.05, 0) is 42.2 Å². The Morgan fingerprint density at radius 3 is 2.42 bits per heavy atom. The third-order valence-electron chi connectivity index (χ3n) is 4.39. The van der Waals surface area contributed by atoms with Gasteiger partial charge >= 0.3 is 6.36 Å². The van der Waals surface area contributed by atoms with Gasteiger partial charge < -0.3 is 10.1 Å². The van der Waals surface area contributed by atoms with Gasteiger partial charge in [-0.25, -0.2) is 4.39 Å². The summed E-state index contributed by atoms with van der Waals surface area (Å²) in [6.45, 7) is 3.44. The minimum atomic E-state index is -5.02. The van der Waals surface area contributed by atoms with Crippen LogP contribution < -0.4 is 10.1 Å². The van der Waals surface area contributed by atoms with E-state index in [9.17, 15) is 22.4 Å². The number of ether oxygens (including phenoxy) is 1. The summed E-state index contributed by atoms with van der Waals surface area (Å²) in [4.78, 5) is 11.7. The molecular formula is C21H19F4N3O2S. The van der Waals surface area contributed by atoms with Crippen LogP contribution in [0.2, 0.25) is 0 Å². The first kappa shape index (κ1) is 22.7. The molecule has 1 N–H and O–H groups in total. The second-order valence-corrected chi connectivity index (χ2v) is 7.77. The lowest BCUT2D eigenvalue weighted by atomic mass is 10.0. The highest BCUT2D eigenvalue weighted by molar-refractivity contribution is 7.14. The lowest BCUT2D eigenvalue weighted by molar-refractivity contribution is -0.275. The summed E-state index contributed by atoms with van der Waals surface area (Å²) < 4.78 is 54.9. The molecule has 1 aromatic heterocycles. The fourth-order valence-electron chi connectivity index (χ4n) is 2.92. The summed E-state index contributed by atoms with van der Waals surface area (Å²) in [5, 5.41) is 11.7. The predicted molar refractivity (Wildman–Crippen MR) is 108 cm³/mol. The van der Waals surface area contributed by atoms with Crippen LogP contribution in [0.25, 0.3) is 10.6 Å². The van der Waals surface area contributed by atoms with Crippen molar-refractivity contribution in [3.63, 3.8) is 0 Å². The van der Waals surface area contributed by atoms with Crippen molar-refractivity contribution in [2.24, 2.45) is 0 Å². The Morgan fingerprint density at radius 1 is 1.13 bits per heavy atom. The Hall–Kier alpha value is -3.01. The lowest BCUT2D eigenvalue weighted by Crippen LogP contribution is -2.27. The van der Waals surface area contributed by atoms with E-state index in [1.165, 1.54) is 18.6 Å². The first-order valence-electron chi connectivity index (χ1n) is 9.38. The van der Waals surface area contributed by atoms with Gasteiger partial charge in [0.15, 0.2) is 11.6 Å². The Morgan fingerprint density at radius 2 is 1.81 bits per heavy atom. The summed E-state index contributed by atoms with van der Waals surface area (Å²) in [6, 6.07) is 10.6. The summed E-state index contributed by atoms with van der Waals surface area (Å²) in [5.74, 6) is -2.34. The number of alkyl halides is 3. The molecule has 0 aliphatic carbocycles. The van der Waals surface area contributed by atoms with Crippen LogP contribution in [0.3, 0.4) is 0 Å². The van der Waals surface area contributed by atoms with Crippen molar-refractivity contribution in [3.05, 3.63) is 64.4 Å². The SMILES string of the molecule is CCc1ccc(CC(NC(C)=O)c2nnc(-c3ccc(F)c(OC(F)(F)F)c3)s2)cc1. The summed E-state index contributed by atoms with van der Waals surface area (Å²) in [7, 11) is 0. The van der Waals surface area contributed by atoms with Crippen LogP contribution in [-0.2, 0) is 17.6 Å². The molecule has 0 aliphatic rings. The molecule has 164 valence electrons. The third-order valence-corrected chi connectivity index (χ3v) is 5.48. The molecule has 1 atom stereocenters. The predicted octanol–water partition coefficient (Wildman–Crippen LogP) is 5.23. The zero-order valence-corrected chi connectivity index (χ0v) is 17.5. The van der Waals surface area contributed by atoms with Crippen LogP contribution in [0, 0.1) is 5.82 Å². The van der Waals surface area contributed by atoms with Gasteiger partial charge in [-0.15, -0.1) is 23.4 Å². The number of hydrogen-bond acceptors (Lipinski definition) is 5. The molecule has 0 fully saturated rings. The number of amides is 1. The second-order valence-electron chi connectivity index (χ2n) is 6.77. The molecule has 0 spiro atoms. The molecular weight excluding hydrogens is 434 g/mol. The molecule has 0 saturated heterocycles. The van der Waals surface area contributed by atoms with E-state index in [2.05, 4.69) is 27.2 Å². The van der Waals surface area contributed by atoms with Gasteiger partial charge in [0.1, 0.15) is 10.0 Å². The van der Waals surface area contributed by atoms with E-state index < -0.39 is 24.0 Å². The maximum atomic E-state index is 13.7. The zero-order chi connectivity index (χ0) is 22.6. The fourth-order valence-corrected chi connectivity index (χ4v) is 3.81. The van der Waals surface area contributed by atoms with Crippen molar-refractivity contribution in [2.75, 3.05) is 0 Å². The molecule has 31 heavy (non-hydrogen) atoms. The molecule has 0 saturated carbocycles. The number of benzene rings is 2. The largest absolute Gasteiger partial charge is 0.573 e. The third kappa shape index (κ3) is 6.24. The molecule has 5 nitrogen and oxygen atoms in total. The molecule has 0 aliphatic heterocycles. The van der Waals surface area contributed by atoms with Crippen molar-refractivity contribution < 1.29 is 27.1 Å². The lowest BCUT2D eigenvalue weighted by Gasteiger charge is -2.15. The van der Waals surface area contributed by atoms with E-state index in [-0.39, 0.29) is 16.5 Å². The second kappa shape index (κ2) is 9.42. The summed E-state index contributed by atoms with van der Waals surface area (Å²) in [5.41, 5.74) is 2.39. The highest BCUT2D eigenvalue weighted by Crippen LogP contribution is 2.33. The van der Waals surface area contributed by atoms with Crippen LogP contribution >= 0.6 is 11.3 Å². The number of carbonyl (C=O) groups excluding carboxylic acids is 1. The van der Waals surface area contributed by atoms with Gasteiger partial charge in [0.05, 0.1) is 6.04 Å². The molecule has 1 heterocycles. The van der Waals surface area contributed by atoms with Gasteiger partial charge in [-0.3, -0.25) is 4.79 Å². The van der Waals surface area contributed by atoms with E-state index in [0.29, 0.717) is 11.4 Å². The van der Waals surface area contributed by atoms with Crippen LogP contribution in [-0.4, -0.2) is 22.5 Å². The van der Waals surface area contributed by atoms with Gasteiger partial charge in [-0.2, -0.15) is 0 Å². The number of nitrogens with zero attached hydrogens (tertiary/aromatic N) is 2. The number of aryl methyl sites for hydroxylation is 1. The average molecular weight is 453 g/mol. The molecule has 0 bridgehead atoms. The summed E-state index contributed by atoms with van der Waals surface area (Å²) in [6.07, 6.45) is -3.65. The number of halogens is 4. The van der Waals surface area contributed by atoms with Crippen molar-refractivity contribution in [1.82, 2.24) is 15.5 Å². The monoisotopic (exact) mass is 453 g/mol. The quantitative estimate of drug-likeness (QED) is 0.498. The Balaban J connectivity index is 1.86. The number of rotatable bonds is 7. The first-order chi connectivity index (χ1) is 14.6. The number of nitrogens with one attached hydrogen (secondary N) is 1. The minimum absolute atomic E-state index is 0.221. The Labute approximate surface area is 180 Å². The summed E-state index contributed by atoms with van der Waals surface area (Å²) >= 11 is 1.10. The van der Waals surface area contributed by atoms with E-state index >= 15 is 0 Å². The molecule has 1 unspecified atom stereocenters. The molecule has 3 aromatic rings. The fraction of sp³-hybridized carbons (Fsp3) is 0.286. The first-order valence-corrected chi connectivity index (χ1v) is 10.2. The smallest absolute Gasteiger partial charge is 0.403 e. The normalized spacial score (nSPS) is 12.5. The molecule has 0 radical (unpaired) electrons. The van der Waals surface area contributed by atoms with Crippen LogP contribution in [0.1, 0.15) is 36.0 Å². The van der Waals surface area contributed by atoms with Crippen LogP contribution in [0.15, 0.2) is 42.5 Å².